The van der Waals surface area contributed by atoms with Gasteiger partial charge in [0.1, 0.15) is 6.54 Å². The van der Waals surface area contributed by atoms with Gasteiger partial charge in [-0.1, -0.05) is 24.3 Å². The van der Waals surface area contributed by atoms with Crippen molar-refractivity contribution in [3.63, 3.8) is 0 Å². The number of nitrogens with two attached hydrogens (primary N) is 2. The van der Waals surface area contributed by atoms with Crippen molar-refractivity contribution >= 4 is 45.1 Å². The first-order valence-electron chi connectivity index (χ1n) is 9.59. The van der Waals surface area contributed by atoms with Crippen LogP contribution in [0.5, 0.6) is 0 Å². The molecule has 6 N–H and O–H groups in total. The highest BCUT2D eigenvalue weighted by atomic mass is 16.2. The van der Waals surface area contributed by atoms with Crippen LogP contribution >= 0.6 is 0 Å². The van der Waals surface area contributed by atoms with Crippen LogP contribution in [-0.2, 0) is 6.54 Å². The van der Waals surface area contributed by atoms with Gasteiger partial charge in [0.05, 0.1) is 10.8 Å². The summed E-state index contributed by atoms with van der Waals surface area (Å²) in [6.07, 6.45) is 0. The van der Waals surface area contributed by atoms with Gasteiger partial charge in [0.2, 0.25) is 11.2 Å². The van der Waals surface area contributed by atoms with E-state index in [1.54, 1.807) is 0 Å². The van der Waals surface area contributed by atoms with Crippen molar-refractivity contribution in [2.75, 3.05) is 10.6 Å². The minimum Gasteiger partial charge on any atom is -0.351 e. The van der Waals surface area contributed by atoms with Gasteiger partial charge in [0.25, 0.3) is 0 Å². The van der Waals surface area contributed by atoms with E-state index in [0.29, 0.717) is 17.9 Å². The molecule has 0 aliphatic heterocycles. The molecule has 0 atom stereocenters. The molecule has 0 fully saturated rings. The largest absolute Gasteiger partial charge is 0.351 e. The molecule has 4 aromatic rings. The highest BCUT2D eigenvalue weighted by Gasteiger charge is 2.23. The second-order valence-electron chi connectivity index (χ2n) is 6.93. The zero-order valence-electron chi connectivity index (χ0n) is 16.5. The molecule has 0 saturated heterocycles. The molecule has 0 radical (unpaired) electrons. The van der Waals surface area contributed by atoms with Gasteiger partial charge in [-0.2, -0.15) is 4.57 Å². The molecule has 1 aromatic heterocycles. The number of hydrogen-bond donors (Lipinski definition) is 4. The summed E-state index contributed by atoms with van der Waals surface area (Å²) >= 11 is 0. The number of aromatic nitrogens is 1. The second-order valence-corrected chi connectivity index (χ2v) is 6.93. The number of nitrogens with zero attached hydrogens (tertiary/aromatic N) is 1. The van der Waals surface area contributed by atoms with Gasteiger partial charge in [-0.05, 0) is 43.3 Å². The van der Waals surface area contributed by atoms with E-state index in [-0.39, 0.29) is 0 Å². The van der Waals surface area contributed by atoms with Crippen LogP contribution in [0.3, 0.4) is 0 Å². The third kappa shape index (κ3) is 3.48. The molecule has 4 rings (SSSR count). The van der Waals surface area contributed by atoms with Crippen LogP contribution in [0.2, 0.25) is 0 Å². The van der Waals surface area contributed by atoms with E-state index in [0.717, 1.165) is 32.9 Å². The lowest BCUT2D eigenvalue weighted by Gasteiger charge is -2.13. The predicted octanol–water partition coefficient (Wildman–Crippen LogP) is 3.95. The zero-order chi connectivity index (χ0) is 21.3. The first kappa shape index (κ1) is 19.2. The molecule has 0 bridgehead atoms. The van der Waals surface area contributed by atoms with Gasteiger partial charge in [-0.15, -0.1) is 0 Å². The molecule has 4 amide bonds. The highest BCUT2D eigenvalue weighted by Crippen LogP contribution is 2.34. The minimum absolute atomic E-state index is 0.608. The fourth-order valence-electron chi connectivity index (χ4n) is 3.90. The molecule has 0 aliphatic carbocycles. The Hall–Kier alpha value is -4.13. The number of hydrogen-bond acceptors (Lipinski definition) is 2. The SMILES string of the molecule is CC[n+]1c(-c2ccccc2)c2cc(NC(N)=O)ccc2c2ccc(NC(N)=O)cc21. The average Bonchev–Trinajstić information content (AvgIpc) is 2.72. The Labute approximate surface area is 173 Å². The molecule has 0 unspecified atom stereocenters. The summed E-state index contributed by atoms with van der Waals surface area (Å²) < 4.78 is 2.19. The van der Waals surface area contributed by atoms with Gasteiger partial charge in [-0.3, -0.25) is 0 Å². The number of rotatable bonds is 4. The van der Waals surface area contributed by atoms with Gasteiger partial charge in [-0.25, -0.2) is 9.59 Å². The van der Waals surface area contributed by atoms with Crippen molar-refractivity contribution < 1.29 is 14.2 Å². The van der Waals surface area contributed by atoms with Gasteiger partial charge >= 0.3 is 12.1 Å². The number of primary amides is 2. The lowest BCUT2D eigenvalue weighted by molar-refractivity contribution is -0.655. The number of carbonyl (C=O) groups is 2. The third-order valence-electron chi connectivity index (χ3n) is 5.02. The number of urea groups is 2. The number of pyridine rings is 1. The molecule has 0 aliphatic rings. The molecule has 0 spiro atoms. The number of fused-ring (bicyclic) bond motifs is 3. The third-order valence-corrected chi connectivity index (χ3v) is 5.02. The summed E-state index contributed by atoms with van der Waals surface area (Å²) in [4.78, 5) is 22.7. The molecule has 150 valence electrons. The van der Waals surface area contributed by atoms with E-state index < -0.39 is 12.1 Å². The Kier molecular flexibility index (Phi) is 4.93. The normalized spacial score (nSPS) is 10.8. The van der Waals surface area contributed by atoms with Crippen LogP contribution in [0.15, 0.2) is 66.7 Å². The van der Waals surface area contributed by atoms with Crippen LogP contribution in [0.1, 0.15) is 6.92 Å². The molecule has 1 heterocycles. The van der Waals surface area contributed by atoms with Crippen LogP contribution in [0, 0.1) is 0 Å². The average molecular weight is 400 g/mol. The summed E-state index contributed by atoms with van der Waals surface area (Å²) in [5.41, 5.74) is 14.9. The fourth-order valence-corrected chi connectivity index (χ4v) is 3.90. The Morgan fingerprint density at radius 3 is 2.00 bits per heavy atom. The highest BCUT2D eigenvalue weighted by molar-refractivity contribution is 6.11. The van der Waals surface area contributed by atoms with Crippen molar-refractivity contribution in [3.05, 3.63) is 66.7 Å². The van der Waals surface area contributed by atoms with E-state index in [1.165, 1.54) is 0 Å². The lowest BCUT2D eigenvalue weighted by Crippen LogP contribution is -2.36. The van der Waals surface area contributed by atoms with Crippen LogP contribution < -0.4 is 26.7 Å². The second kappa shape index (κ2) is 7.71. The Morgan fingerprint density at radius 1 is 0.800 bits per heavy atom. The standard InChI is InChI=1S/C23H21N5O2/c1-2-28-20-13-16(27-23(25)30)9-11-18(20)17-10-8-15(26-22(24)29)12-19(17)21(28)14-6-4-3-5-7-14/h3-13H,2H2,1H3,(H5,24,25,26,29,30)/p+1. The summed E-state index contributed by atoms with van der Waals surface area (Å²) in [7, 11) is 0. The number of nitrogens with one attached hydrogen (secondary N) is 2. The Balaban J connectivity index is 2.12. The predicted molar refractivity (Wildman–Crippen MR) is 119 cm³/mol. The molecule has 3 aromatic carbocycles. The van der Waals surface area contributed by atoms with Crippen LogP contribution in [-0.4, -0.2) is 12.1 Å². The quantitative estimate of drug-likeness (QED) is 0.307. The summed E-state index contributed by atoms with van der Waals surface area (Å²) in [5.74, 6) is 0. The summed E-state index contributed by atoms with van der Waals surface area (Å²) in [6, 6.07) is 20.3. The maximum absolute atomic E-state index is 11.4. The van der Waals surface area contributed by atoms with Crippen LogP contribution in [0.4, 0.5) is 21.0 Å². The van der Waals surface area contributed by atoms with Gasteiger partial charge < -0.3 is 22.1 Å². The van der Waals surface area contributed by atoms with E-state index in [4.69, 9.17) is 11.5 Å². The summed E-state index contributed by atoms with van der Waals surface area (Å²) in [5, 5.41) is 8.34. The lowest BCUT2D eigenvalue weighted by atomic mass is 9.98. The van der Waals surface area contributed by atoms with E-state index in [9.17, 15) is 9.59 Å². The molecule has 7 nitrogen and oxygen atoms in total. The fraction of sp³-hybridized carbons (Fsp3) is 0.0870. The topological polar surface area (TPSA) is 114 Å². The molecule has 30 heavy (non-hydrogen) atoms. The monoisotopic (exact) mass is 400 g/mol. The van der Waals surface area contributed by atoms with E-state index >= 15 is 0 Å². The Morgan fingerprint density at radius 2 is 1.40 bits per heavy atom. The number of carbonyl (C=O) groups excluding carboxylic acids is 2. The summed E-state index contributed by atoms with van der Waals surface area (Å²) in [6.45, 7) is 2.77. The van der Waals surface area contributed by atoms with E-state index in [1.807, 2.05) is 66.7 Å². The van der Waals surface area contributed by atoms with Gasteiger partial charge in [0, 0.05) is 28.4 Å². The van der Waals surface area contributed by atoms with Crippen molar-refractivity contribution in [2.45, 2.75) is 13.5 Å². The van der Waals surface area contributed by atoms with Crippen molar-refractivity contribution in [2.24, 2.45) is 11.5 Å². The number of benzene rings is 3. The molecular weight excluding hydrogens is 378 g/mol. The van der Waals surface area contributed by atoms with E-state index in [2.05, 4.69) is 22.1 Å². The molecule has 7 heteroatoms. The van der Waals surface area contributed by atoms with Crippen molar-refractivity contribution in [1.82, 2.24) is 0 Å². The first-order chi connectivity index (χ1) is 14.5. The first-order valence-corrected chi connectivity index (χ1v) is 9.59. The molecular formula is C23H22N5O2+. The number of anilines is 2. The van der Waals surface area contributed by atoms with Crippen molar-refractivity contribution in [1.29, 1.82) is 0 Å². The maximum atomic E-state index is 11.4. The Bertz CT molecular complexity index is 1290. The zero-order valence-corrected chi connectivity index (χ0v) is 16.5. The molecule has 0 saturated carbocycles. The number of amides is 4. The van der Waals surface area contributed by atoms with Crippen LogP contribution in [0.25, 0.3) is 32.9 Å². The maximum Gasteiger partial charge on any atom is 0.316 e. The smallest absolute Gasteiger partial charge is 0.316 e. The van der Waals surface area contributed by atoms with Gasteiger partial charge in [0.15, 0.2) is 0 Å². The van der Waals surface area contributed by atoms with Crippen molar-refractivity contribution in [3.8, 4) is 11.3 Å². The number of aryl methyl sites for hydroxylation is 1. The minimum atomic E-state index is -0.609.